The Morgan fingerprint density at radius 2 is 1.50 bits per heavy atom. The first-order chi connectivity index (χ1) is 17.3. The summed E-state index contributed by atoms with van der Waals surface area (Å²) in [6.07, 6.45) is 0. The summed E-state index contributed by atoms with van der Waals surface area (Å²) in [5.41, 5.74) is 6.60. The van der Waals surface area contributed by atoms with Crippen molar-refractivity contribution in [1.82, 2.24) is 0 Å². The monoisotopic (exact) mass is 477 g/mol. The summed E-state index contributed by atoms with van der Waals surface area (Å²) in [7, 11) is 0. The van der Waals surface area contributed by atoms with Gasteiger partial charge in [-0.25, -0.2) is 9.18 Å². The molecule has 0 unspecified atom stereocenters. The molecule has 178 valence electrons. The quantitative estimate of drug-likeness (QED) is 0.206. The number of nitriles is 1. The first kappa shape index (κ1) is 24.4. The van der Waals surface area contributed by atoms with Crippen molar-refractivity contribution >= 4 is 11.5 Å². The van der Waals surface area contributed by atoms with Gasteiger partial charge < -0.3 is 9.47 Å². The highest BCUT2D eigenvalue weighted by Gasteiger charge is 2.12. The Hall–Kier alpha value is -4.69. The Morgan fingerprint density at radius 1 is 0.889 bits per heavy atom. The van der Waals surface area contributed by atoms with Crippen LogP contribution in [-0.4, -0.2) is 12.6 Å². The van der Waals surface area contributed by atoms with Gasteiger partial charge in [0.2, 0.25) is 0 Å². The second-order valence-electron chi connectivity index (χ2n) is 8.43. The number of carbonyl (C=O) groups excluding carboxylic acids is 1. The average Bonchev–Trinajstić information content (AvgIpc) is 2.88. The van der Waals surface area contributed by atoms with E-state index in [0.29, 0.717) is 16.9 Å². The molecule has 4 nitrogen and oxygen atoms in total. The van der Waals surface area contributed by atoms with Crippen molar-refractivity contribution in [2.24, 2.45) is 0 Å². The highest BCUT2D eigenvalue weighted by molar-refractivity contribution is 5.75. The number of ether oxygens (including phenoxy) is 2. The molecule has 0 fully saturated rings. The van der Waals surface area contributed by atoms with E-state index >= 15 is 0 Å². The number of aryl methyl sites for hydroxylation is 1. The van der Waals surface area contributed by atoms with Gasteiger partial charge in [0.1, 0.15) is 17.3 Å². The summed E-state index contributed by atoms with van der Waals surface area (Å²) in [4.78, 5) is 12.3. The largest absolute Gasteiger partial charge is 0.482 e. The maximum absolute atomic E-state index is 14.7. The first-order valence-corrected chi connectivity index (χ1v) is 11.3. The number of hydrogen-bond acceptors (Lipinski definition) is 4. The number of nitrogens with zero attached hydrogens (tertiary/aromatic N) is 1. The lowest BCUT2D eigenvalue weighted by atomic mass is 9.99. The maximum Gasteiger partial charge on any atom is 0.349 e. The molecular formula is C31H24FNO3. The van der Waals surface area contributed by atoms with Crippen LogP contribution in [0.15, 0.2) is 91.5 Å². The van der Waals surface area contributed by atoms with E-state index < -0.39 is 11.8 Å². The molecule has 0 saturated carbocycles. The smallest absolute Gasteiger partial charge is 0.349 e. The van der Waals surface area contributed by atoms with Gasteiger partial charge in [0.25, 0.3) is 0 Å². The second kappa shape index (κ2) is 10.7. The van der Waals surface area contributed by atoms with Gasteiger partial charge in [-0.15, -0.1) is 0 Å². The Bertz CT molecular complexity index is 1470. The average molecular weight is 478 g/mol. The zero-order chi connectivity index (χ0) is 25.7. The number of hydrogen-bond donors (Lipinski definition) is 0. The molecule has 0 aromatic heterocycles. The molecule has 0 heterocycles. The van der Waals surface area contributed by atoms with Crippen LogP contribution in [0.2, 0.25) is 0 Å². The molecule has 0 N–H and O–H groups in total. The van der Waals surface area contributed by atoms with E-state index in [0.717, 1.165) is 33.4 Å². The number of esters is 1. The van der Waals surface area contributed by atoms with E-state index in [9.17, 15) is 9.18 Å². The molecular weight excluding hydrogens is 453 g/mol. The summed E-state index contributed by atoms with van der Waals surface area (Å²) in [6.45, 7) is 7.44. The van der Waals surface area contributed by atoms with Gasteiger partial charge in [-0.3, -0.25) is 0 Å². The molecule has 0 saturated heterocycles. The van der Waals surface area contributed by atoms with Crippen LogP contribution in [0.5, 0.6) is 11.5 Å². The SMILES string of the molecule is C=C(C)c1ccc(-c2ccc(OC(=O)COc3ccc(-c4ccc(C#N)cc4)c(C)c3)cc2F)cc1. The molecule has 0 amide bonds. The van der Waals surface area contributed by atoms with Gasteiger partial charge in [-0.1, -0.05) is 54.6 Å². The number of rotatable bonds is 7. The Kier molecular flexibility index (Phi) is 7.27. The van der Waals surface area contributed by atoms with Crippen LogP contribution < -0.4 is 9.47 Å². The number of benzene rings is 4. The molecule has 4 aromatic rings. The van der Waals surface area contributed by atoms with Crippen LogP contribution >= 0.6 is 0 Å². The first-order valence-electron chi connectivity index (χ1n) is 11.3. The molecule has 0 aliphatic rings. The Morgan fingerprint density at radius 3 is 2.11 bits per heavy atom. The van der Waals surface area contributed by atoms with Crippen LogP contribution in [-0.2, 0) is 4.79 Å². The standard InChI is InChI=1S/C31H24FNO3/c1-20(2)23-8-10-25(11-9-23)29-15-13-27(17-30(29)32)36-31(34)19-35-26-12-14-28(21(3)16-26)24-6-4-22(18-33)5-7-24/h4-17H,1,19H2,2-3H3. The highest BCUT2D eigenvalue weighted by atomic mass is 19.1. The Labute approximate surface area is 209 Å². The lowest BCUT2D eigenvalue weighted by molar-refractivity contribution is -0.136. The van der Waals surface area contributed by atoms with Gasteiger partial charge in [-0.05, 0) is 78.1 Å². The van der Waals surface area contributed by atoms with Crippen LogP contribution in [0, 0.1) is 24.1 Å². The van der Waals surface area contributed by atoms with Crippen molar-refractivity contribution in [2.45, 2.75) is 13.8 Å². The van der Waals surface area contributed by atoms with E-state index in [1.807, 2.05) is 62.4 Å². The predicted molar refractivity (Wildman–Crippen MR) is 139 cm³/mol. The molecule has 0 aliphatic heterocycles. The van der Waals surface area contributed by atoms with E-state index in [2.05, 4.69) is 12.6 Å². The fourth-order valence-electron chi connectivity index (χ4n) is 3.81. The van der Waals surface area contributed by atoms with Crippen LogP contribution in [0.3, 0.4) is 0 Å². The molecule has 0 spiro atoms. The van der Waals surface area contributed by atoms with E-state index in [1.54, 1.807) is 30.3 Å². The van der Waals surface area contributed by atoms with Gasteiger partial charge in [0.15, 0.2) is 6.61 Å². The molecule has 36 heavy (non-hydrogen) atoms. The van der Waals surface area contributed by atoms with E-state index in [4.69, 9.17) is 14.7 Å². The zero-order valence-electron chi connectivity index (χ0n) is 20.0. The lowest BCUT2D eigenvalue weighted by Crippen LogP contribution is -2.17. The van der Waals surface area contributed by atoms with E-state index in [-0.39, 0.29) is 12.4 Å². The molecule has 4 rings (SSSR count). The summed E-state index contributed by atoms with van der Waals surface area (Å²) in [6, 6.07) is 26.7. The van der Waals surface area contributed by atoms with Crippen molar-refractivity contribution < 1.29 is 18.7 Å². The summed E-state index contributed by atoms with van der Waals surface area (Å²) in [5, 5.41) is 8.96. The van der Waals surface area contributed by atoms with Crippen molar-refractivity contribution in [3.63, 3.8) is 0 Å². The van der Waals surface area contributed by atoms with Gasteiger partial charge in [0, 0.05) is 11.6 Å². The zero-order valence-corrected chi connectivity index (χ0v) is 20.0. The summed E-state index contributed by atoms with van der Waals surface area (Å²) >= 11 is 0. The number of allylic oxidation sites excluding steroid dienone is 1. The van der Waals surface area contributed by atoms with Crippen LogP contribution in [0.25, 0.3) is 27.8 Å². The lowest BCUT2D eigenvalue weighted by Gasteiger charge is -2.11. The normalized spacial score (nSPS) is 10.4. The molecule has 4 aromatic carbocycles. The highest BCUT2D eigenvalue weighted by Crippen LogP contribution is 2.29. The molecule has 5 heteroatoms. The molecule has 0 radical (unpaired) electrons. The minimum Gasteiger partial charge on any atom is -0.482 e. The summed E-state index contributed by atoms with van der Waals surface area (Å²) in [5.74, 6) is -0.502. The van der Waals surface area contributed by atoms with Crippen molar-refractivity contribution in [2.75, 3.05) is 6.61 Å². The molecule has 0 aliphatic carbocycles. The fraction of sp³-hybridized carbons (Fsp3) is 0.0968. The number of halogens is 1. The van der Waals surface area contributed by atoms with Crippen LogP contribution in [0.1, 0.15) is 23.6 Å². The topological polar surface area (TPSA) is 59.3 Å². The Balaban J connectivity index is 1.37. The third-order valence-corrected chi connectivity index (χ3v) is 5.74. The minimum absolute atomic E-state index is 0.107. The minimum atomic E-state index is -0.637. The summed E-state index contributed by atoms with van der Waals surface area (Å²) < 4.78 is 25.5. The van der Waals surface area contributed by atoms with Crippen molar-refractivity contribution in [3.05, 3.63) is 114 Å². The maximum atomic E-state index is 14.7. The third-order valence-electron chi connectivity index (χ3n) is 5.74. The van der Waals surface area contributed by atoms with Gasteiger partial charge in [-0.2, -0.15) is 5.26 Å². The number of carbonyl (C=O) groups is 1. The van der Waals surface area contributed by atoms with Crippen molar-refractivity contribution in [3.8, 4) is 39.8 Å². The van der Waals surface area contributed by atoms with Gasteiger partial charge >= 0.3 is 5.97 Å². The molecule has 0 atom stereocenters. The second-order valence-corrected chi connectivity index (χ2v) is 8.43. The van der Waals surface area contributed by atoms with E-state index in [1.165, 1.54) is 6.07 Å². The fourth-order valence-corrected chi connectivity index (χ4v) is 3.81. The predicted octanol–water partition coefficient (Wildman–Crippen LogP) is 7.36. The molecule has 0 bridgehead atoms. The third kappa shape index (κ3) is 5.68. The van der Waals surface area contributed by atoms with Crippen LogP contribution in [0.4, 0.5) is 4.39 Å². The van der Waals surface area contributed by atoms with Gasteiger partial charge in [0.05, 0.1) is 11.6 Å². The van der Waals surface area contributed by atoms with Crippen molar-refractivity contribution in [1.29, 1.82) is 5.26 Å².